The Labute approximate surface area is 142 Å². The van der Waals surface area contributed by atoms with E-state index in [0.717, 1.165) is 18.7 Å². The van der Waals surface area contributed by atoms with E-state index in [1.54, 1.807) is 19.6 Å². The van der Waals surface area contributed by atoms with Crippen molar-refractivity contribution in [2.24, 2.45) is 0 Å². The van der Waals surface area contributed by atoms with Gasteiger partial charge in [0.25, 0.3) is 5.91 Å². The number of ether oxygens (including phenoxy) is 2. The third kappa shape index (κ3) is 3.28. The molecule has 1 unspecified atom stereocenters. The number of benzene rings is 1. The van der Waals surface area contributed by atoms with Crippen LogP contribution < -0.4 is 4.74 Å². The lowest BCUT2D eigenvalue weighted by Crippen LogP contribution is -2.42. The molecule has 6 heteroatoms. The SMILES string of the molecule is CCn1cncc1C(=O)N1CCC(COc2ccccc2)(OC)C1. The van der Waals surface area contributed by atoms with E-state index in [0.29, 0.717) is 25.4 Å². The number of aromatic nitrogens is 2. The zero-order valence-electron chi connectivity index (χ0n) is 14.1. The summed E-state index contributed by atoms with van der Waals surface area (Å²) >= 11 is 0. The summed E-state index contributed by atoms with van der Waals surface area (Å²) in [6, 6.07) is 9.66. The molecule has 0 N–H and O–H groups in total. The molecule has 2 heterocycles. The first-order valence-corrected chi connectivity index (χ1v) is 8.20. The molecule has 0 bridgehead atoms. The predicted octanol–water partition coefficient (Wildman–Crippen LogP) is 2.21. The largest absolute Gasteiger partial charge is 0.491 e. The number of hydrogen-bond acceptors (Lipinski definition) is 4. The van der Waals surface area contributed by atoms with Gasteiger partial charge in [0, 0.05) is 20.2 Å². The Balaban J connectivity index is 1.66. The predicted molar refractivity (Wildman–Crippen MR) is 90.1 cm³/mol. The molecule has 3 rings (SSSR count). The van der Waals surface area contributed by atoms with Gasteiger partial charge >= 0.3 is 0 Å². The second-order valence-electron chi connectivity index (χ2n) is 6.03. The fourth-order valence-corrected chi connectivity index (χ4v) is 3.01. The number of aryl methyl sites for hydroxylation is 1. The smallest absolute Gasteiger partial charge is 0.272 e. The monoisotopic (exact) mass is 329 g/mol. The minimum Gasteiger partial charge on any atom is -0.491 e. The van der Waals surface area contributed by atoms with Gasteiger partial charge in [-0.15, -0.1) is 0 Å². The van der Waals surface area contributed by atoms with Crippen LogP contribution in [0.15, 0.2) is 42.9 Å². The summed E-state index contributed by atoms with van der Waals surface area (Å²) in [7, 11) is 1.68. The second kappa shape index (κ2) is 7.05. The molecule has 1 aromatic carbocycles. The zero-order valence-corrected chi connectivity index (χ0v) is 14.1. The van der Waals surface area contributed by atoms with Gasteiger partial charge in [-0.1, -0.05) is 18.2 Å². The average molecular weight is 329 g/mol. The zero-order chi connectivity index (χ0) is 17.0. The van der Waals surface area contributed by atoms with E-state index in [1.165, 1.54) is 0 Å². The lowest BCUT2D eigenvalue weighted by atomic mass is 10.0. The number of methoxy groups -OCH3 is 1. The topological polar surface area (TPSA) is 56.6 Å². The van der Waals surface area contributed by atoms with Gasteiger partial charge in [-0.25, -0.2) is 4.98 Å². The van der Waals surface area contributed by atoms with E-state index in [9.17, 15) is 4.79 Å². The summed E-state index contributed by atoms with van der Waals surface area (Å²) in [5.41, 5.74) is 0.149. The molecule has 6 nitrogen and oxygen atoms in total. The molecule has 0 saturated carbocycles. The summed E-state index contributed by atoms with van der Waals surface area (Å²) in [5, 5.41) is 0. The van der Waals surface area contributed by atoms with E-state index in [-0.39, 0.29) is 5.91 Å². The Bertz CT molecular complexity index is 686. The highest BCUT2D eigenvalue weighted by Gasteiger charge is 2.41. The molecule has 1 aliphatic rings. The van der Waals surface area contributed by atoms with Crippen LogP contribution in [0.25, 0.3) is 0 Å². The molecule has 1 atom stereocenters. The van der Waals surface area contributed by atoms with Crippen molar-refractivity contribution in [1.82, 2.24) is 14.5 Å². The number of imidazole rings is 1. The Morgan fingerprint density at radius 3 is 2.83 bits per heavy atom. The minimum absolute atomic E-state index is 0.00649. The Morgan fingerprint density at radius 2 is 2.12 bits per heavy atom. The Morgan fingerprint density at radius 1 is 1.33 bits per heavy atom. The van der Waals surface area contributed by atoms with Gasteiger partial charge in [0.15, 0.2) is 0 Å². The number of hydrogen-bond donors (Lipinski definition) is 0. The third-order valence-electron chi connectivity index (χ3n) is 4.55. The summed E-state index contributed by atoms with van der Waals surface area (Å²) in [4.78, 5) is 18.6. The average Bonchev–Trinajstić information content (AvgIpc) is 3.28. The van der Waals surface area contributed by atoms with Gasteiger partial charge in [-0.3, -0.25) is 4.79 Å². The van der Waals surface area contributed by atoms with E-state index < -0.39 is 5.60 Å². The van der Waals surface area contributed by atoms with Crippen molar-refractivity contribution >= 4 is 5.91 Å². The summed E-state index contributed by atoms with van der Waals surface area (Å²) < 4.78 is 13.5. The van der Waals surface area contributed by atoms with Crippen LogP contribution in [0.1, 0.15) is 23.8 Å². The number of para-hydroxylation sites is 1. The van der Waals surface area contributed by atoms with Crippen molar-refractivity contribution < 1.29 is 14.3 Å². The highest BCUT2D eigenvalue weighted by molar-refractivity contribution is 5.92. The standard InChI is InChI=1S/C18H23N3O3/c1-3-20-14-19-11-16(20)17(22)21-10-9-18(12-21,23-2)13-24-15-7-5-4-6-8-15/h4-8,11,14H,3,9-10,12-13H2,1-2H3. The maximum Gasteiger partial charge on any atom is 0.272 e. The van der Waals surface area contributed by atoms with Crippen LogP contribution in [0.2, 0.25) is 0 Å². The van der Waals surface area contributed by atoms with Crippen molar-refractivity contribution in [3.05, 3.63) is 48.5 Å². The molecule has 1 amide bonds. The molecule has 1 fully saturated rings. The summed E-state index contributed by atoms with van der Waals surface area (Å²) in [5.74, 6) is 0.802. The molecule has 0 spiro atoms. The van der Waals surface area contributed by atoms with E-state index in [2.05, 4.69) is 4.98 Å². The number of carbonyl (C=O) groups is 1. The van der Waals surface area contributed by atoms with Crippen LogP contribution in [0.4, 0.5) is 0 Å². The highest BCUT2D eigenvalue weighted by Crippen LogP contribution is 2.27. The first-order chi connectivity index (χ1) is 11.7. The molecular formula is C18H23N3O3. The van der Waals surface area contributed by atoms with Gasteiger partial charge in [-0.2, -0.15) is 0 Å². The molecular weight excluding hydrogens is 306 g/mol. The van der Waals surface area contributed by atoms with Crippen LogP contribution in [0.3, 0.4) is 0 Å². The molecule has 2 aromatic rings. The van der Waals surface area contributed by atoms with E-state index in [1.807, 2.05) is 46.7 Å². The van der Waals surface area contributed by atoms with Gasteiger partial charge in [0.05, 0.1) is 19.1 Å². The lowest BCUT2D eigenvalue weighted by molar-refractivity contribution is -0.0343. The molecule has 0 radical (unpaired) electrons. The Hall–Kier alpha value is -2.34. The van der Waals surface area contributed by atoms with Gasteiger partial charge in [0.2, 0.25) is 0 Å². The molecule has 1 saturated heterocycles. The van der Waals surface area contributed by atoms with E-state index in [4.69, 9.17) is 9.47 Å². The fraction of sp³-hybridized carbons (Fsp3) is 0.444. The number of amides is 1. The quantitative estimate of drug-likeness (QED) is 0.815. The lowest BCUT2D eigenvalue weighted by Gasteiger charge is -2.28. The number of carbonyl (C=O) groups excluding carboxylic acids is 1. The minimum atomic E-state index is -0.470. The highest BCUT2D eigenvalue weighted by atomic mass is 16.5. The van der Waals surface area contributed by atoms with Gasteiger partial charge < -0.3 is 18.9 Å². The van der Waals surface area contributed by atoms with Gasteiger partial charge in [0.1, 0.15) is 23.7 Å². The van der Waals surface area contributed by atoms with Crippen molar-refractivity contribution in [1.29, 1.82) is 0 Å². The molecule has 1 aliphatic heterocycles. The third-order valence-corrected chi connectivity index (χ3v) is 4.55. The van der Waals surface area contributed by atoms with Crippen LogP contribution in [0.5, 0.6) is 5.75 Å². The van der Waals surface area contributed by atoms with Gasteiger partial charge in [-0.05, 0) is 25.5 Å². The fourth-order valence-electron chi connectivity index (χ4n) is 3.01. The normalized spacial score (nSPS) is 20.3. The van der Waals surface area contributed by atoms with Crippen molar-refractivity contribution in [3.63, 3.8) is 0 Å². The van der Waals surface area contributed by atoms with E-state index >= 15 is 0 Å². The maximum atomic E-state index is 12.7. The van der Waals surface area contributed by atoms with Crippen LogP contribution in [0, 0.1) is 0 Å². The number of likely N-dealkylation sites (tertiary alicyclic amines) is 1. The maximum absolute atomic E-state index is 12.7. The molecule has 0 aliphatic carbocycles. The first kappa shape index (κ1) is 16.5. The van der Waals surface area contributed by atoms with Crippen LogP contribution in [-0.2, 0) is 11.3 Å². The summed E-state index contributed by atoms with van der Waals surface area (Å²) in [6.07, 6.45) is 4.06. The van der Waals surface area contributed by atoms with Crippen molar-refractivity contribution in [3.8, 4) is 5.75 Å². The molecule has 1 aromatic heterocycles. The number of rotatable bonds is 6. The van der Waals surface area contributed by atoms with Crippen LogP contribution in [-0.4, -0.2) is 52.8 Å². The Kier molecular flexibility index (Phi) is 4.85. The molecule has 24 heavy (non-hydrogen) atoms. The second-order valence-corrected chi connectivity index (χ2v) is 6.03. The first-order valence-electron chi connectivity index (χ1n) is 8.20. The van der Waals surface area contributed by atoms with Crippen LogP contribution >= 0.6 is 0 Å². The van der Waals surface area contributed by atoms with Crippen molar-refractivity contribution in [2.45, 2.75) is 25.5 Å². The van der Waals surface area contributed by atoms with Crippen molar-refractivity contribution in [2.75, 3.05) is 26.8 Å². The number of nitrogens with zero attached hydrogens (tertiary/aromatic N) is 3. The summed E-state index contributed by atoms with van der Waals surface area (Å²) in [6.45, 7) is 4.31. The molecule has 128 valence electrons.